The van der Waals surface area contributed by atoms with Crippen LogP contribution in [0, 0.1) is 23.7 Å². The summed E-state index contributed by atoms with van der Waals surface area (Å²) < 4.78 is 37.9. The number of carbonyl (C=O) groups excluding carboxylic acids is 5. The van der Waals surface area contributed by atoms with E-state index in [1.807, 2.05) is 0 Å². The molecule has 4 aromatic carbocycles. The first kappa shape index (κ1) is 45.4. The van der Waals surface area contributed by atoms with Crippen LogP contribution in [0.5, 0.6) is 0 Å². The second-order valence-electron chi connectivity index (χ2n) is 17.0. The van der Waals surface area contributed by atoms with Crippen LogP contribution in [0.2, 0.25) is 0 Å². The van der Waals surface area contributed by atoms with E-state index in [-0.39, 0.29) is 46.4 Å². The first-order valence-corrected chi connectivity index (χ1v) is 22.1. The molecular formula is C52H51N3O11. The Labute approximate surface area is 382 Å². The third-order valence-electron chi connectivity index (χ3n) is 12.6. The van der Waals surface area contributed by atoms with Gasteiger partial charge < -0.3 is 28.4 Å². The lowest BCUT2D eigenvalue weighted by Gasteiger charge is -2.44. The van der Waals surface area contributed by atoms with Gasteiger partial charge in [0.1, 0.15) is 25.0 Å². The first-order valence-electron chi connectivity index (χ1n) is 22.1. The molecule has 5 aromatic rings. The molecule has 0 bridgehead atoms. The van der Waals surface area contributed by atoms with Gasteiger partial charge in [-0.25, -0.2) is 28.7 Å². The first-order chi connectivity index (χ1) is 32.0. The maximum Gasteiger partial charge on any atom is 0.338 e. The van der Waals surface area contributed by atoms with Crippen LogP contribution in [0.25, 0.3) is 0 Å². The van der Waals surface area contributed by atoms with Gasteiger partial charge in [-0.3, -0.25) is 0 Å². The number of hydrogen-bond donors (Lipinski definition) is 0. The Hall–Kier alpha value is -7.19. The molecule has 66 heavy (non-hydrogen) atoms. The minimum atomic E-state index is -1.61. The van der Waals surface area contributed by atoms with Crippen molar-refractivity contribution in [2.24, 2.45) is 23.7 Å². The third-order valence-corrected chi connectivity index (χ3v) is 12.6. The van der Waals surface area contributed by atoms with Crippen molar-refractivity contribution in [2.75, 3.05) is 6.61 Å². The molecule has 9 atom stereocenters. The van der Waals surface area contributed by atoms with E-state index in [0.29, 0.717) is 17.4 Å². The number of benzene rings is 4. The minimum absolute atomic E-state index is 0.0484. The predicted molar refractivity (Wildman–Crippen MR) is 238 cm³/mol. The van der Waals surface area contributed by atoms with Gasteiger partial charge in [0.25, 0.3) is 0 Å². The molecule has 1 aromatic heterocycles. The monoisotopic (exact) mass is 893 g/mol. The van der Waals surface area contributed by atoms with Crippen molar-refractivity contribution in [3.05, 3.63) is 179 Å². The number of rotatable bonds is 14. The number of esters is 5. The third kappa shape index (κ3) is 10.5. The molecule has 1 saturated carbocycles. The van der Waals surface area contributed by atoms with Crippen molar-refractivity contribution in [2.45, 2.75) is 76.8 Å². The van der Waals surface area contributed by atoms with E-state index < -0.39 is 67.1 Å². The van der Waals surface area contributed by atoms with Crippen LogP contribution in [0.3, 0.4) is 0 Å². The highest BCUT2D eigenvalue weighted by Crippen LogP contribution is 2.48. The lowest BCUT2D eigenvalue weighted by molar-refractivity contribution is -0.252. The Balaban J connectivity index is 1.12. The molecule has 8 rings (SSSR count). The normalized spacial score (nSPS) is 24.6. The van der Waals surface area contributed by atoms with E-state index >= 15 is 0 Å². The minimum Gasteiger partial charge on any atom is -0.459 e. The number of nitrogens with zero attached hydrogens (tertiary/aromatic N) is 3. The Morgan fingerprint density at radius 3 is 1.74 bits per heavy atom. The zero-order chi connectivity index (χ0) is 46.2. The molecule has 340 valence electrons. The highest BCUT2D eigenvalue weighted by atomic mass is 16.7. The molecule has 0 radical (unpaired) electrons. The summed E-state index contributed by atoms with van der Waals surface area (Å²) in [6.45, 7) is 7.81. The predicted octanol–water partition coefficient (Wildman–Crippen LogP) is 8.33. The lowest BCUT2D eigenvalue weighted by atomic mass is 9.61. The van der Waals surface area contributed by atoms with Gasteiger partial charge in [-0.1, -0.05) is 103 Å². The van der Waals surface area contributed by atoms with E-state index in [1.165, 1.54) is 40.7 Å². The number of allylic oxidation sites excluding steroid dienone is 2. The molecule has 3 aliphatic rings. The summed E-state index contributed by atoms with van der Waals surface area (Å²) in [6.07, 6.45) is 0.171. The van der Waals surface area contributed by atoms with Crippen LogP contribution < -0.4 is 0 Å². The van der Waals surface area contributed by atoms with Gasteiger partial charge in [-0.05, 0) is 105 Å². The molecule has 2 heterocycles. The molecule has 0 N–H and O–H groups in total. The number of aromatic nitrogens is 3. The highest BCUT2D eigenvalue weighted by Gasteiger charge is 2.54. The summed E-state index contributed by atoms with van der Waals surface area (Å²) in [7, 11) is 0. The molecule has 1 saturated heterocycles. The fourth-order valence-electron chi connectivity index (χ4n) is 9.10. The zero-order valence-electron chi connectivity index (χ0n) is 36.7. The number of carbonyl (C=O) groups is 5. The van der Waals surface area contributed by atoms with Crippen molar-refractivity contribution < 1.29 is 52.4 Å². The maximum absolute atomic E-state index is 14.0. The van der Waals surface area contributed by atoms with E-state index in [0.717, 1.165) is 25.7 Å². The molecule has 0 spiro atoms. The number of fused-ring (bicyclic) bond motifs is 1. The average molecular weight is 894 g/mol. The van der Waals surface area contributed by atoms with Crippen molar-refractivity contribution in [1.82, 2.24) is 15.0 Å². The van der Waals surface area contributed by atoms with Gasteiger partial charge in [0.05, 0.1) is 28.5 Å². The Morgan fingerprint density at radius 1 is 0.667 bits per heavy atom. The smallest absolute Gasteiger partial charge is 0.338 e. The van der Waals surface area contributed by atoms with Crippen LogP contribution in [0.15, 0.2) is 151 Å². The fourth-order valence-corrected chi connectivity index (χ4v) is 9.10. The molecule has 2 aliphatic carbocycles. The zero-order valence-corrected chi connectivity index (χ0v) is 36.7. The summed E-state index contributed by atoms with van der Waals surface area (Å²) in [4.78, 5) is 68.9. The van der Waals surface area contributed by atoms with Gasteiger partial charge in [0.2, 0.25) is 0 Å². The van der Waals surface area contributed by atoms with Crippen LogP contribution in [0.4, 0.5) is 0 Å². The largest absolute Gasteiger partial charge is 0.459 e. The highest BCUT2D eigenvalue weighted by molar-refractivity contribution is 5.92. The molecule has 0 amide bonds. The Morgan fingerprint density at radius 2 is 1.18 bits per heavy atom. The quantitative estimate of drug-likeness (QED) is 0.0452. The van der Waals surface area contributed by atoms with E-state index in [2.05, 4.69) is 36.8 Å². The van der Waals surface area contributed by atoms with Crippen LogP contribution >= 0.6 is 0 Å². The van der Waals surface area contributed by atoms with Gasteiger partial charge in [-0.2, -0.15) is 0 Å². The van der Waals surface area contributed by atoms with Crippen molar-refractivity contribution in [1.29, 1.82) is 0 Å². The second-order valence-corrected chi connectivity index (χ2v) is 17.0. The molecule has 2 fully saturated rings. The number of ether oxygens (including phenoxy) is 6. The van der Waals surface area contributed by atoms with Gasteiger partial charge >= 0.3 is 29.8 Å². The second kappa shape index (κ2) is 20.8. The van der Waals surface area contributed by atoms with Crippen LogP contribution in [-0.2, 0) is 39.8 Å². The van der Waals surface area contributed by atoms with E-state index in [9.17, 15) is 24.0 Å². The van der Waals surface area contributed by atoms with Crippen LogP contribution in [0.1, 0.15) is 92.9 Å². The Bertz CT molecular complexity index is 2550. The summed E-state index contributed by atoms with van der Waals surface area (Å²) in [5, 5.41) is 8.58. The average Bonchev–Trinajstić information content (AvgIpc) is 3.83. The molecular weight excluding hydrogens is 843 g/mol. The number of hydrogen-bond acceptors (Lipinski definition) is 13. The van der Waals surface area contributed by atoms with Crippen molar-refractivity contribution >= 4 is 29.8 Å². The van der Waals surface area contributed by atoms with Gasteiger partial charge in [0, 0.05) is 5.57 Å². The van der Waals surface area contributed by atoms with E-state index in [4.69, 9.17) is 28.4 Å². The summed E-state index contributed by atoms with van der Waals surface area (Å²) in [5.41, 5.74) is 2.64. The van der Waals surface area contributed by atoms with Crippen LogP contribution in [-0.4, -0.2) is 75.9 Å². The fraction of sp³-hybridized carbons (Fsp3) is 0.327. The van der Waals surface area contributed by atoms with Gasteiger partial charge in [-0.15, -0.1) is 5.10 Å². The van der Waals surface area contributed by atoms with Crippen molar-refractivity contribution in [3.63, 3.8) is 0 Å². The summed E-state index contributed by atoms with van der Waals surface area (Å²) >= 11 is 0. The van der Waals surface area contributed by atoms with Crippen molar-refractivity contribution in [3.8, 4) is 0 Å². The lowest BCUT2D eigenvalue weighted by Crippen LogP contribution is -2.61. The molecule has 1 aliphatic heterocycles. The van der Waals surface area contributed by atoms with Gasteiger partial charge in [0.15, 0.2) is 24.5 Å². The maximum atomic E-state index is 14.0. The topological polar surface area (TPSA) is 171 Å². The summed E-state index contributed by atoms with van der Waals surface area (Å²) in [6, 6.07) is 32.6. The standard InChI is InChI=1S/C52H51N3O11/c1-32-24-26-40-33(2)25-27-41(42(40)28-32)34(3)48(56)61-30-39-29-55(54-53-39)47-46(66-52(60)38-22-14-7-15-23-38)45(65-51(59)37-20-12-6-13-21-37)44(64-50(58)36-18-10-5-11-19-36)43(63-47)31-62-49(57)35-16-8-4-9-17-35/h4-23,28-29,33,40-47H,3,24-27,30-31H2,1-2H3/t33-,40+,41+,42+,43-,44+,45+,46-,47-/m1/s1. The summed E-state index contributed by atoms with van der Waals surface area (Å²) in [5.74, 6) is -2.56. The Kier molecular flexibility index (Phi) is 14.3. The molecule has 14 nitrogen and oxygen atoms in total. The SMILES string of the molecule is C=C(C(=O)OCc1cn([C@@H]2O[C@H](COC(=O)c3ccccc3)[C@H](OC(=O)c3ccccc3)[C@H](OC(=O)c3ccccc3)[C@H]2OC(=O)c2ccccc2)nn1)[C@@H]1CC[C@@H](C)[C@@H]2CCC(C)=C[C@@H]21. The molecule has 0 unspecified atom stereocenters. The van der Waals surface area contributed by atoms with E-state index in [1.54, 1.807) is 97.1 Å². The molecule has 14 heteroatoms.